The molecule has 8 heteroatoms. The standard InChI is InChI=1S/C31H42O8/c1-35-14-6-10-26-29(31(34)23-17-27(36-2)19(7-5-13-32)15-28(23)39-26)24-18-37-25-12-11-21(16-22(25)30(24)33)38-20-8-3-4-9-20/h11-12,15-17,20,24,26,29-34H,3-10,13-14,18H2,1-2H3/t24-,26-,29-,30-,31+/m1/s1. The molecule has 39 heavy (non-hydrogen) atoms. The Morgan fingerprint density at radius 2 is 1.74 bits per heavy atom. The van der Waals surface area contributed by atoms with Gasteiger partial charge in [-0.05, 0) is 87.3 Å². The zero-order valence-electron chi connectivity index (χ0n) is 23.0. The first kappa shape index (κ1) is 28.0. The second kappa shape index (κ2) is 12.8. The van der Waals surface area contributed by atoms with Crippen LogP contribution in [0.2, 0.25) is 0 Å². The predicted molar refractivity (Wildman–Crippen MR) is 146 cm³/mol. The van der Waals surface area contributed by atoms with E-state index in [9.17, 15) is 15.3 Å². The van der Waals surface area contributed by atoms with Crippen molar-refractivity contribution in [2.75, 3.05) is 34.0 Å². The Morgan fingerprint density at radius 3 is 2.49 bits per heavy atom. The first-order chi connectivity index (χ1) is 19.0. The molecule has 5 atom stereocenters. The van der Waals surface area contributed by atoms with Gasteiger partial charge in [0.05, 0.1) is 32.0 Å². The number of benzene rings is 2. The summed E-state index contributed by atoms with van der Waals surface area (Å²) in [5.74, 6) is 1.86. The van der Waals surface area contributed by atoms with Crippen LogP contribution in [0.1, 0.15) is 73.8 Å². The Morgan fingerprint density at radius 1 is 0.949 bits per heavy atom. The lowest BCUT2D eigenvalue weighted by Crippen LogP contribution is -2.46. The number of hydrogen-bond acceptors (Lipinski definition) is 8. The van der Waals surface area contributed by atoms with Gasteiger partial charge in [-0.15, -0.1) is 0 Å². The van der Waals surface area contributed by atoms with Crippen LogP contribution in [0.4, 0.5) is 0 Å². The Balaban J connectivity index is 1.44. The topological polar surface area (TPSA) is 107 Å². The van der Waals surface area contributed by atoms with Crippen molar-refractivity contribution in [1.82, 2.24) is 0 Å². The summed E-state index contributed by atoms with van der Waals surface area (Å²) < 4.78 is 29.8. The van der Waals surface area contributed by atoms with Crippen molar-refractivity contribution in [3.8, 4) is 23.0 Å². The minimum absolute atomic E-state index is 0.0832. The monoisotopic (exact) mass is 542 g/mol. The highest BCUT2D eigenvalue weighted by atomic mass is 16.5. The van der Waals surface area contributed by atoms with E-state index in [0.717, 1.165) is 30.6 Å². The number of aryl methyl sites for hydroxylation is 1. The van der Waals surface area contributed by atoms with Crippen LogP contribution in [0.25, 0.3) is 0 Å². The molecule has 2 heterocycles. The largest absolute Gasteiger partial charge is 0.496 e. The highest BCUT2D eigenvalue weighted by Gasteiger charge is 2.47. The summed E-state index contributed by atoms with van der Waals surface area (Å²) in [6.45, 7) is 0.929. The lowest BCUT2D eigenvalue weighted by atomic mass is 9.73. The summed E-state index contributed by atoms with van der Waals surface area (Å²) in [7, 11) is 3.27. The van der Waals surface area contributed by atoms with Crippen molar-refractivity contribution in [2.24, 2.45) is 11.8 Å². The van der Waals surface area contributed by atoms with Crippen LogP contribution in [-0.4, -0.2) is 61.6 Å². The molecule has 5 rings (SSSR count). The van der Waals surface area contributed by atoms with Gasteiger partial charge in [0.15, 0.2) is 0 Å². The van der Waals surface area contributed by atoms with E-state index in [1.54, 1.807) is 14.2 Å². The Hall–Kier alpha value is -2.52. The summed E-state index contributed by atoms with van der Waals surface area (Å²) in [4.78, 5) is 0. The summed E-state index contributed by atoms with van der Waals surface area (Å²) in [5.41, 5.74) is 2.26. The third-order valence-electron chi connectivity index (χ3n) is 8.48. The van der Waals surface area contributed by atoms with Crippen LogP contribution >= 0.6 is 0 Å². The average Bonchev–Trinajstić information content (AvgIpc) is 3.46. The molecule has 0 amide bonds. The molecule has 2 aliphatic heterocycles. The van der Waals surface area contributed by atoms with Crippen LogP contribution in [0.5, 0.6) is 23.0 Å². The Kier molecular flexibility index (Phi) is 9.17. The van der Waals surface area contributed by atoms with Gasteiger partial charge < -0.3 is 39.0 Å². The van der Waals surface area contributed by atoms with Crippen LogP contribution in [-0.2, 0) is 11.2 Å². The maximum absolute atomic E-state index is 11.8. The molecule has 214 valence electrons. The molecule has 1 fully saturated rings. The summed E-state index contributed by atoms with van der Waals surface area (Å²) in [6.07, 6.45) is 5.28. The normalized spacial score (nSPS) is 26.3. The van der Waals surface area contributed by atoms with E-state index in [0.29, 0.717) is 54.2 Å². The number of methoxy groups -OCH3 is 2. The average molecular weight is 543 g/mol. The van der Waals surface area contributed by atoms with Crippen molar-refractivity contribution < 1.29 is 39.0 Å². The van der Waals surface area contributed by atoms with Gasteiger partial charge in [-0.1, -0.05) is 0 Å². The van der Waals surface area contributed by atoms with Gasteiger partial charge in [-0.25, -0.2) is 0 Å². The van der Waals surface area contributed by atoms with Crippen LogP contribution in [0, 0.1) is 11.8 Å². The van der Waals surface area contributed by atoms with Gasteiger partial charge in [-0.3, -0.25) is 0 Å². The van der Waals surface area contributed by atoms with Crippen LogP contribution in [0.15, 0.2) is 30.3 Å². The number of aliphatic hydroxyl groups is 3. The molecule has 2 aromatic carbocycles. The van der Waals surface area contributed by atoms with Gasteiger partial charge in [-0.2, -0.15) is 0 Å². The van der Waals surface area contributed by atoms with E-state index in [4.69, 9.17) is 23.7 Å². The molecule has 0 radical (unpaired) electrons. The summed E-state index contributed by atoms with van der Waals surface area (Å²) in [5, 5.41) is 32.8. The van der Waals surface area contributed by atoms with Crippen molar-refractivity contribution in [3.63, 3.8) is 0 Å². The third-order valence-corrected chi connectivity index (χ3v) is 8.48. The van der Waals surface area contributed by atoms with Crippen molar-refractivity contribution in [2.45, 2.75) is 75.8 Å². The highest BCUT2D eigenvalue weighted by molar-refractivity contribution is 5.50. The SMILES string of the molecule is COCCC[C@H]1Oc2cc(CCCO)c(OC)cc2[C@H](O)[C@@H]1[C@H]1COc2ccc(OC3CCCC3)cc2[C@H]1O. The maximum Gasteiger partial charge on any atom is 0.126 e. The molecule has 3 N–H and O–H groups in total. The molecule has 0 saturated heterocycles. The number of ether oxygens (including phenoxy) is 5. The highest BCUT2D eigenvalue weighted by Crippen LogP contribution is 2.50. The molecular formula is C31H42O8. The zero-order valence-corrected chi connectivity index (χ0v) is 23.0. The first-order valence-electron chi connectivity index (χ1n) is 14.3. The third kappa shape index (κ3) is 5.99. The molecule has 3 aliphatic rings. The van der Waals surface area contributed by atoms with Gasteiger partial charge >= 0.3 is 0 Å². The van der Waals surface area contributed by atoms with Crippen molar-refractivity contribution in [3.05, 3.63) is 47.0 Å². The van der Waals surface area contributed by atoms with Gasteiger partial charge in [0.2, 0.25) is 0 Å². The maximum atomic E-state index is 11.8. The molecule has 1 saturated carbocycles. The molecule has 0 aromatic heterocycles. The minimum Gasteiger partial charge on any atom is -0.496 e. The van der Waals surface area contributed by atoms with Crippen molar-refractivity contribution in [1.29, 1.82) is 0 Å². The zero-order chi connectivity index (χ0) is 27.4. The predicted octanol–water partition coefficient (Wildman–Crippen LogP) is 4.52. The lowest BCUT2D eigenvalue weighted by Gasteiger charge is -2.44. The van der Waals surface area contributed by atoms with Gasteiger partial charge in [0.1, 0.15) is 29.1 Å². The minimum atomic E-state index is -0.884. The molecule has 0 bridgehead atoms. The van der Waals surface area contributed by atoms with E-state index >= 15 is 0 Å². The molecular weight excluding hydrogens is 500 g/mol. The lowest BCUT2D eigenvalue weighted by molar-refractivity contribution is -0.0888. The molecule has 2 aromatic rings. The molecule has 0 spiro atoms. The molecule has 0 unspecified atom stereocenters. The Labute approximate surface area is 230 Å². The fourth-order valence-electron chi connectivity index (χ4n) is 6.44. The summed E-state index contributed by atoms with van der Waals surface area (Å²) in [6, 6.07) is 9.43. The van der Waals surface area contributed by atoms with Crippen LogP contribution < -0.4 is 18.9 Å². The summed E-state index contributed by atoms with van der Waals surface area (Å²) >= 11 is 0. The van der Waals surface area contributed by atoms with Crippen molar-refractivity contribution >= 4 is 0 Å². The second-order valence-corrected chi connectivity index (χ2v) is 11.0. The molecule has 1 aliphatic carbocycles. The first-order valence-corrected chi connectivity index (χ1v) is 14.3. The smallest absolute Gasteiger partial charge is 0.126 e. The number of aliphatic hydroxyl groups excluding tert-OH is 3. The van der Waals surface area contributed by atoms with Gasteiger partial charge in [0, 0.05) is 43.3 Å². The fourth-order valence-corrected chi connectivity index (χ4v) is 6.44. The van der Waals surface area contributed by atoms with Gasteiger partial charge in [0.25, 0.3) is 0 Å². The van der Waals surface area contributed by atoms with E-state index in [1.807, 2.05) is 30.3 Å². The number of fused-ring (bicyclic) bond motifs is 2. The number of hydrogen-bond donors (Lipinski definition) is 3. The Bertz CT molecular complexity index is 1100. The number of rotatable bonds is 11. The quantitative estimate of drug-likeness (QED) is 0.356. The fraction of sp³-hybridized carbons (Fsp3) is 0.613. The van der Waals surface area contributed by atoms with E-state index in [2.05, 4.69) is 0 Å². The van der Waals surface area contributed by atoms with Crippen LogP contribution in [0.3, 0.4) is 0 Å². The molecule has 8 nitrogen and oxygen atoms in total. The van der Waals surface area contributed by atoms with E-state index in [-0.39, 0.29) is 25.4 Å². The van der Waals surface area contributed by atoms with E-state index in [1.165, 1.54) is 12.8 Å². The van der Waals surface area contributed by atoms with E-state index < -0.39 is 24.0 Å². The second-order valence-electron chi connectivity index (χ2n) is 11.0.